The fraction of sp³-hybridized carbons (Fsp3) is 0.667. The van der Waals surface area contributed by atoms with Crippen LogP contribution in [0.25, 0.3) is 0 Å². The summed E-state index contributed by atoms with van der Waals surface area (Å²) in [5.41, 5.74) is 1.05. The van der Waals surface area contributed by atoms with Crippen LogP contribution in [0.1, 0.15) is 38.3 Å². The Morgan fingerprint density at radius 3 is 2.65 bits per heavy atom. The lowest BCUT2D eigenvalue weighted by molar-refractivity contribution is 0.112. The molecule has 2 nitrogen and oxygen atoms in total. The van der Waals surface area contributed by atoms with Crippen LogP contribution in [-0.2, 0) is 4.74 Å². The quantitative estimate of drug-likeness (QED) is 0.712. The van der Waals surface area contributed by atoms with E-state index in [-0.39, 0.29) is 6.04 Å². The third-order valence-corrected chi connectivity index (χ3v) is 3.85. The van der Waals surface area contributed by atoms with Crippen molar-refractivity contribution in [2.75, 3.05) is 19.8 Å². The van der Waals surface area contributed by atoms with Crippen LogP contribution in [0.15, 0.2) is 6.07 Å². The second kappa shape index (κ2) is 8.33. The molecule has 5 heteroatoms. The van der Waals surface area contributed by atoms with E-state index >= 15 is 0 Å². The van der Waals surface area contributed by atoms with Crippen molar-refractivity contribution in [3.8, 4) is 0 Å². The van der Waals surface area contributed by atoms with Gasteiger partial charge < -0.3 is 10.1 Å². The van der Waals surface area contributed by atoms with Crippen molar-refractivity contribution in [2.45, 2.75) is 32.7 Å². The minimum atomic E-state index is 0.137. The molecule has 1 aromatic heterocycles. The number of hydrogen-bond acceptors (Lipinski definition) is 3. The Labute approximate surface area is 117 Å². The van der Waals surface area contributed by atoms with Gasteiger partial charge in [-0.3, -0.25) is 0 Å². The molecule has 0 saturated carbocycles. The molecule has 1 atom stereocenters. The summed E-state index contributed by atoms with van der Waals surface area (Å²) in [6.45, 7) is 6.60. The zero-order valence-corrected chi connectivity index (χ0v) is 12.6. The smallest absolute Gasteiger partial charge is 0.0992 e. The summed E-state index contributed by atoms with van der Waals surface area (Å²) in [5, 5.41) is 3.44. The first-order valence-corrected chi connectivity index (χ1v) is 7.52. The molecule has 1 rings (SSSR count). The van der Waals surface area contributed by atoms with Gasteiger partial charge in [0.15, 0.2) is 0 Å². The summed E-state index contributed by atoms with van der Waals surface area (Å²) in [5.74, 6) is 0. The molecule has 0 aliphatic carbocycles. The topological polar surface area (TPSA) is 21.3 Å². The van der Waals surface area contributed by atoms with E-state index in [0.717, 1.165) is 40.2 Å². The van der Waals surface area contributed by atoms with Gasteiger partial charge >= 0.3 is 0 Å². The van der Waals surface area contributed by atoms with E-state index in [0.29, 0.717) is 6.61 Å². The first-order chi connectivity index (χ1) is 8.19. The summed E-state index contributed by atoms with van der Waals surface area (Å²) in [6, 6.07) is 2.06. The average Bonchev–Trinajstić information content (AvgIpc) is 2.63. The lowest BCUT2D eigenvalue weighted by atomic mass is 10.1. The fourth-order valence-electron chi connectivity index (χ4n) is 1.51. The van der Waals surface area contributed by atoms with Crippen LogP contribution in [0.3, 0.4) is 0 Å². The maximum Gasteiger partial charge on any atom is 0.0992 e. The molecule has 1 N–H and O–H groups in total. The van der Waals surface area contributed by atoms with Crippen molar-refractivity contribution in [2.24, 2.45) is 0 Å². The third-order valence-electron chi connectivity index (χ3n) is 2.33. The first kappa shape index (κ1) is 15.3. The summed E-state index contributed by atoms with van der Waals surface area (Å²) in [6.07, 6.45) is 2.11. The van der Waals surface area contributed by atoms with Gasteiger partial charge in [0.2, 0.25) is 0 Å². The van der Waals surface area contributed by atoms with Crippen molar-refractivity contribution in [1.29, 1.82) is 0 Å². The van der Waals surface area contributed by atoms with Crippen LogP contribution < -0.4 is 5.32 Å². The van der Waals surface area contributed by atoms with Crippen LogP contribution in [0.5, 0.6) is 0 Å². The van der Waals surface area contributed by atoms with Gasteiger partial charge in [-0.2, -0.15) is 0 Å². The Hall–Kier alpha value is 0.200. The van der Waals surface area contributed by atoms with Crippen LogP contribution in [0, 0.1) is 0 Å². The van der Waals surface area contributed by atoms with Crippen LogP contribution >= 0.6 is 34.5 Å². The lowest BCUT2D eigenvalue weighted by Gasteiger charge is -2.18. The predicted molar refractivity (Wildman–Crippen MR) is 76.5 cm³/mol. The third kappa shape index (κ3) is 5.14. The van der Waals surface area contributed by atoms with Gasteiger partial charge in [0.1, 0.15) is 0 Å². The average molecular weight is 296 g/mol. The standard InChI is InChI=1S/C12H19Cl2NOS/c1-3-5-15-10(8-16-6-4-2)9-7-11(13)17-12(9)14/h7,10,15H,3-6,8H2,1-2H3. The van der Waals surface area contributed by atoms with Crippen LogP contribution in [-0.4, -0.2) is 19.8 Å². The molecular formula is C12H19Cl2NOS. The van der Waals surface area contributed by atoms with Gasteiger partial charge in [0.25, 0.3) is 0 Å². The number of nitrogens with one attached hydrogen (secondary N) is 1. The van der Waals surface area contributed by atoms with Crippen molar-refractivity contribution in [3.05, 3.63) is 20.3 Å². The Morgan fingerprint density at radius 2 is 2.12 bits per heavy atom. The van der Waals surface area contributed by atoms with E-state index < -0.39 is 0 Å². The van der Waals surface area contributed by atoms with Gasteiger partial charge in [0, 0.05) is 12.2 Å². The molecular weight excluding hydrogens is 277 g/mol. The molecule has 0 aromatic carbocycles. The van der Waals surface area contributed by atoms with Crippen molar-refractivity contribution >= 4 is 34.5 Å². The number of ether oxygens (including phenoxy) is 1. The van der Waals surface area contributed by atoms with E-state index in [1.807, 2.05) is 6.07 Å². The Morgan fingerprint density at radius 1 is 1.35 bits per heavy atom. The first-order valence-electron chi connectivity index (χ1n) is 5.94. The summed E-state index contributed by atoms with van der Waals surface area (Å²) in [7, 11) is 0. The van der Waals surface area contributed by atoms with E-state index in [4.69, 9.17) is 27.9 Å². The van der Waals surface area contributed by atoms with Gasteiger partial charge in [-0.05, 0) is 25.5 Å². The highest BCUT2D eigenvalue weighted by Gasteiger charge is 2.17. The summed E-state index contributed by atoms with van der Waals surface area (Å²) >= 11 is 13.5. The zero-order chi connectivity index (χ0) is 12.7. The summed E-state index contributed by atoms with van der Waals surface area (Å²) < 4.78 is 7.08. The van der Waals surface area contributed by atoms with Crippen molar-refractivity contribution in [1.82, 2.24) is 5.32 Å². The van der Waals surface area contributed by atoms with E-state index in [2.05, 4.69) is 19.2 Å². The number of halogens is 2. The molecule has 1 heterocycles. The molecule has 98 valence electrons. The molecule has 1 aromatic rings. The molecule has 0 aliphatic heterocycles. The SMILES string of the molecule is CCCNC(COCCC)c1cc(Cl)sc1Cl. The van der Waals surface area contributed by atoms with E-state index in [9.17, 15) is 0 Å². The lowest BCUT2D eigenvalue weighted by Crippen LogP contribution is -2.26. The zero-order valence-electron chi connectivity index (χ0n) is 10.3. The van der Waals surface area contributed by atoms with Crippen LogP contribution in [0.2, 0.25) is 8.67 Å². The number of rotatable bonds is 8. The minimum Gasteiger partial charge on any atom is -0.379 e. The molecule has 0 fully saturated rings. The molecule has 17 heavy (non-hydrogen) atoms. The van der Waals surface area contributed by atoms with Gasteiger partial charge in [-0.15, -0.1) is 11.3 Å². The molecule has 0 radical (unpaired) electrons. The predicted octanol–water partition coefficient (Wildman–Crippen LogP) is 4.52. The molecule has 1 unspecified atom stereocenters. The monoisotopic (exact) mass is 295 g/mol. The molecule has 0 amide bonds. The molecule has 0 aliphatic rings. The highest BCUT2D eigenvalue weighted by molar-refractivity contribution is 7.20. The normalized spacial score (nSPS) is 12.9. The van der Waals surface area contributed by atoms with Gasteiger partial charge in [-0.25, -0.2) is 0 Å². The Bertz CT molecular complexity index is 330. The van der Waals surface area contributed by atoms with E-state index in [1.165, 1.54) is 11.3 Å². The molecule has 0 saturated heterocycles. The second-order valence-corrected chi connectivity index (χ2v) is 6.15. The Kier molecular flexibility index (Phi) is 7.47. The fourth-order valence-corrected chi connectivity index (χ4v) is 3.09. The van der Waals surface area contributed by atoms with Crippen molar-refractivity contribution < 1.29 is 4.74 Å². The maximum absolute atomic E-state index is 6.17. The number of thiophene rings is 1. The highest BCUT2D eigenvalue weighted by Crippen LogP contribution is 2.35. The highest BCUT2D eigenvalue weighted by atomic mass is 35.5. The van der Waals surface area contributed by atoms with Gasteiger partial charge in [-0.1, -0.05) is 37.0 Å². The molecule has 0 spiro atoms. The van der Waals surface area contributed by atoms with Crippen molar-refractivity contribution in [3.63, 3.8) is 0 Å². The van der Waals surface area contributed by atoms with Crippen LogP contribution in [0.4, 0.5) is 0 Å². The maximum atomic E-state index is 6.17. The molecule has 0 bridgehead atoms. The summed E-state index contributed by atoms with van der Waals surface area (Å²) in [4.78, 5) is 0. The Balaban J connectivity index is 2.64. The number of hydrogen-bond donors (Lipinski definition) is 1. The van der Waals surface area contributed by atoms with E-state index in [1.54, 1.807) is 0 Å². The second-order valence-electron chi connectivity index (χ2n) is 3.86. The van der Waals surface area contributed by atoms with Gasteiger partial charge in [0.05, 0.1) is 21.3 Å². The minimum absolute atomic E-state index is 0.137. The largest absolute Gasteiger partial charge is 0.379 e.